The van der Waals surface area contributed by atoms with E-state index in [9.17, 15) is 4.79 Å². The predicted octanol–water partition coefficient (Wildman–Crippen LogP) is 3.25. The maximum atomic E-state index is 12.9. The van der Waals surface area contributed by atoms with E-state index >= 15 is 0 Å². The molecule has 112 valence electrons. The van der Waals surface area contributed by atoms with Crippen LogP contribution in [0.25, 0.3) is 0 Å². The van der Waals surface area contributed by atoms with Crippen LogP contribution in [0.2, 0.25) is 0 Å². The first kappa shape index (κ1) is 16.7. The first-order valence-electron chi connectivity index (χ1n) is 7.53. The van der Waals surface area contributed by atoms with Gasteiger partial charge in [-0.3, -0.25) is 9.69 Å². The molecule has 1 atom stereocenters. The van der Waals surface area contributed by atoms with Crippen molar-refractivity contribution in [2.45, 2.75) is 39.7 Å². The molecular weight excluding hydrogens is 248 g/mol. The third kappa shape index (κ3) is 4.34. The van der Waals surface area contributed by atoms with E-state index in [-0.39, 0.29) is 11.9 Å². The van der Waals surface area contributed by atoms with Crippen LogP contribution in [0.3, 0.4) is 0 Å². The summed E-state index contributed by atoms with van der Waals surface area (Å²) in [7, 11) is 3.95. The van der Waals surface area contributed by atoms with Crippen LogP contribution in [-0.4, -0.2) is 42.9 Å². The Labute approximate surface area is 123 Å². The number of benzene rings is 1. The predicted molar refractivity (Wildman–Crippen MR) is 84.8 cm³/mol. The van der Waals surface area contributed by atoms with Crippen molar-refractivity contribution in [2.75, 3.05) is 27.2 Å². The molecule has 3 heteroatoms. The highest BCUT2D eigenvalue weighted by atomic mass is 16.2. The summed E-state index contributed by atoms with van der Waals surface area (Å²) in [6.07, 6.45) is 2.00. The monoisotopic (exact) mass is 276 g/mol. The fourth-order valence-corrected chi connectivity index (χ4v) is 2.55. The lowest BCUT2D eigenvalue weighted by Crippen LogP contribution is -2.41. The third-order valence-corrected chi connectivity index (χ3v) is 3.41. The second-order valence-electron chi connectivity index (χ2n) is 5.61. The molecule has 0 aliphatic rings. The van der Waals surface area contributed by atoms with Crippen LogP contribution in [-0.2, 0) is 4.79 Å². The zero-order valence-corrected chi connectivity index (χ0v) is 13.5. The Balaban J connectivity index is 3.03. The first-order valence-corrected chi connectivity index (χ1v) is 7.53. The summed E-state index contributed by atoms with van der Waals surface area (Å²) in [5.41, 5.74) is 2.27. The molecule has 0 heterocycles. The fourth-order valence-electron chi connectivity index (χ4n) is 2.55. The van der Waals surface area contributed by atoms with E-state index in [1.807, 2.05) is 36.0 Å². The van der Waals surface area contributed by atoms with Gasteiger partial charge in [-0.2, -0.15) is 0 Å². The molecule has 20 heavy (non-hydrogen) atoms. The second-order valence-corrected chi connectivity index (χ2v) is 5.61. The van der Waals surface area contributed by atoms with Gasteiger partial charge in [-0.05, 0) is 39.4 Å². The van der Waals surface area contributed by atoms with Gasteiger partial charge < -0.3 is 4.90 Å². The zero-order valence-electron chi connectivity index (χ0n) is 13.5. The number of rotatable bonds is 7. The number of nitrogens with zero attached hydrogens (tertiary/aromatic N) is 2. The SMILES string of the molecule is CCCN(CCC)C(=O)C(c1cccc(C)c1)N(C)C. The van der Waals surface area contributed by atoms with Gasteiger partial charge in [0.15, 0.2) is 0 Å². The number of carbonyl (C=O) groups excluding carboxylic acids is 1. The van der Waals surface area contributed by atoms with Crippen molar-refractivity contribution in [1.29, 1.82) is 0 Å². The molecule has 0 fully saturated rings. The summed E-state index contributed by atoms with van der Waals surface area (Å²) in [5.74, 6) is 0.212. The minimum absolute atomic E-state index is 0.187. The molecule has 3 nitrogen and oxygen atoms in total. The van der Waals surface area contributed by atoms with E-state index in [1.165, 1.54) is 5.56 Å². The normalized spacial score (nSPS) is 12.5. The molecule has 0 aliphatic heterocycles. The van der Waals surface area contributed by atoms with E-state index < -0.39 is 0 Å². The van der Waals surface area contributed by atoms with Crippen molar-refractivity contribution < 1.29 is 4.79 Å². The Bertz CT molecular complexity index is 423. The van der Waals surface area contributed by atoms with Gasteiger partial charge in [-0.1, -0.05) is 43.7 Å². The molecule has 0 saturated heterocycles. The van der Waals surface area contributed by atoms with Gasteiger partial charge in [0, 0.05) is 13.1 Å². The fraction of sp³-hybridized carbons (Fsp3) is 0.588. The summed E-state index contributed by atoms with van der Waals surface area (Å²) in [6.45, 7) is 7.97. The van der Waals surface area contributed by atoms with E-state index in [2.05, 4.69) is 32.9 Å². The third-order valence-electron chi connectivity index (χ3n) is 3.41. The molecule has 0 aromatic heterocycles. The molecular formula is C17H28N2O. The van der Waals surface area contributed by atoms with Gasteiger partial charge in [0.1, 0.15) is 6.04 Å². The quantitative estimate of drug-likeness (QED) is 0.763. The van der Waals surface area contributed by atoms with E-state index in [1.54, 1.807) is 0 Å². The summed E-state index contributed by atoms with van der Waals surface area (Å²) in [6, 6.07) is 8.06. The van der Waals surface area contributed by atoms with Crippen LogP contribution in [0, 0.1) is 6.92 Å². The Hall–Kier alpha value is -1.35. The van der Waals surface area contributed by atoms with Crippen molar-refractivity contribution in [1.82, 2.24) is 9.80 Å². The Kier molecular flexibility index (Phi) is 6.73. The van der Waals surface area contributed by atoms with Crippen molar-refractivity contribution in [2.24, 2.45) is 0 Å². The molecule has 0 radical (unpaired) electrons. The van der Waals surface area contributed by atoms with E-state index in [4.69, 9.17) is 0 Å². The molecule has 0 spiro atoms. The highest BCUT2D eigenvalue weighted by molar-refractivity contribution is 5.83. The van der Waals surface area contributed by atoms with E-state index in [0.29, 0.717) is 0 Å². The Morgan fingerprint density at radius 2 is 1.75 bits per heavy atom. The number of hydrogen-bond acceptors (Lipinski definition) is 2. The molecule has 1 aromatic rings. The lowest BCUT2D eigenvalue weighted by atomic mass is 10.0. The van der Waals surface area contributed by atoms with Gasteiger partial charge in [0.05, 0.1) is 0 Å². The van der Waals surface area contributed by atoms with Crippen LogP contribution in [0.1, 0.15) is 43.9 Å². The van der Waals surface area contributed by atoms with Crippen LogP contribution in [0.4, 0.5) is 0 Å². The van der Waals surface area contributed by atoms with Crippen LogP contribution in [0.15, 0.2) is 24.3 Å². The summed E-state index contributed by atoms with van der Waals surface area (Å²) in [4.78, 5) is 16.9. The minimum atomic E-state index is -0.187. The molecule has 0 saturated carbocycles. The van der Waals surface area contributed by atoms with Crippen molar-refractivity contribution in [3.05, 3.63) is 35.4 Å². The number of carbonyl (C=O) groups is 1. The molecule has 1 rings (SSSR count). The standard InChI is InChI=1S/C17H28N2O/c1-6-11-19(12-7-2)17(20)16(18(4)5)15-10-8-9-14(3)13-15/h8-10,13,16H,6-7,11-12H2,1-5H3. The van der Waals surface area contributed by atoms with Crippen LogP contribution in [0.5, 0.6) is 0 Å². The molecule has 0 N–H and O–H groups in total. The number of aryl methyl sites for hydroxylation is 1. The lowest BCUT2D eigenvalue weighted by Gasteiger charge is -2.31. The van der Waals surface area contributed by atoms with Gasteiger partial charge >= 0.3 is 0 Å². The van der Waals surface area contributed by atoms with Crippen molar-refractivity contribution in [3.8, 4) is 0 Å². The van der Waals surface area contributed by atoms with Crippen molar-refractivity contribution >= 4 is 5.91 Å². The maximum absolute atomic E-state index is 12.9. The molecule has 0 bridgehead atoms. The average molecular weight is 276 g/mol. The van der Waals surface area contributed by atoms with Crippen molar-refractivity contribution in [3.63, 3.8) is 0 Å². The lowest BCUT2D eigenvalue weighted by molar-refractivity contribution is -0.136. The molecule has 1 amide bonds. The van der Waals surface area contributed by atoms with Crippen LogP contribution >= 0.6 is 0 Å². The largest absolute Gasteiger partial charge is 0.341 e. The summed E-state index contributed by atoms with van der Waals surface area (Å²) >= 11 is 0. The first-order chi connectivity index (χ1) is 9.51. The van der Waals surface area contributed by atoms with Gasteiger partial charge in [-0.15, -0.1) is 0 Å². The number of amides is 1. The second kappa shape index (κ2) is 8.05. The summed E-state index contributed by atoms with van der Waals surface area (Å²) < 4.78 is 0. The topological polar surface area (TPSA) is 23.6 Å². The zero-order chi connectivity index (χ0) is 15.1. The maximum Gasteiger partial charge on any atom is 0.244 e. The van der Waals surface area contributed by atoms with Gasteiger partial charge in [0.25, 0.3) is 0 Å². The van der Waals surface area contributed by atoms with Gasteiger partial charge in [-0.25, -0.2) is 0 Å². The van der Waals surface area contributed by atoms with E-state index in [0.717, 1.165) is 31.5 Å². The average Bonchev–Trinajstić information content (AvgIpc) is 2.38. The smallest absolute Gasteiger partial charge is 0.244 e. The number of hydrogen-bond donors (Lipinski definition) is 0. The molecule has 1 aromatic carbocycles. The Morgan fingerprint density at radius 1 is 1.15 bits per heavy atom. The number of likely N-dealkylation sites (N-methyl/N-ethyl adjacent to an activating group) is 1. The molecule has 0 aliphatic carbocycles. The highest BCUT2D eigenvalue weighted by Gasteiger charge is 2.27. The minimum Gasteiger partial charge on any atom is -0.341 e. The molecule has 1 unspecified atom stereocenters. The van der Waals surface area contributed by atoms with Crippen LogP contribution < -0.4 is 0 Å². The highest BCUT2D eigenvalue weighted by Crippen LogP contribution is 2.22. The van der Waals surface area contributed by atoms with Gasteiger partial charge in [0.2, 0.25) is 5.91 Å². The summed E-state index contributed by atoms with van der Waals surface area (Å²) in [5, 5.41) is 0. The Morgan fingerprint density at radius 3 is 2.20 bits per heavy atom.